The van der Waals surface area contributed by atoms with E-state index in [1.165, 1.54) is 18.5 Å². The summed E-state index contributed by atoms with van der Waals surface area (Å²) in [4.78, 5) is 1.68. The van der Waals surface area contributed by atoms with E-state index >= 15 is 0 Å². The predicted molar refractivity (Wildman–Crippen MR) is 65.7 cm³/mol. The number of ether oxygens (including phenoxy) is 1. The molecule has 2 heteroatoms. The van der Waals surface area contributed by atoms with Crippen molar-refractivity contribution >= 4 is 0 Å². The van der Waals surface area contributed by atoms with Crippen molar-refractivity contribution in [3.05, 3.63) is 35.9 Å². The van der Waals surface area contributed by atoms with E-state index in [1.807, 2.05) is 0 Å². The molecule has 3 atom stereocenters. The lowest BCUT2D eigenvalue weighted by Gasteiger charge is -2.32. The third-order valence-corrected chi connectivity index (χ3v) is 3.23. The number of hydrogen-bond acceptors (Lipinski definition) is 1. The van der Waals surface area contributed by atoms with Gasteiger partial charge < -0.3 is 9.64 Å². The summed E-state index contributed by atoms with van der Waals surface area (Å²) in [5.41, 5.74) is 1.45. The Hall–Kier alpha value is -0.860. The maximum absolute atomic E-state index is 5.75. The van der Waals surface area contributed by atoms with Gasteiger partial charge in [0.1, 0.15) is 25.3 Å². The number of hydrogen-bond donors (Lipinski definition) is 1. The van der Waals surface area contributed by atoms with Crippen LogP contribution in [0.4, 0.5) is 0 Å². The van der Waals surface area contributed by atoms with Gasteiger partial charge in [0.25, 0.3) is 0 Å². The largest absolute Gasteiger partial charge is 0.364 e. The molecule has 2 rings (SSSR count). The van der Waals surface area contributed by atoms with Crippen LogP contribution in [0.25, 0.3) is 0 Å². The van der Waals surface area contributed by atoms with Crippen LogP contribution in [-0.4, -0.2) is 31.8 Å². The molecular formula is C14H22NO+. The molecule has 1 aliphatic heterocycles. The molecule has 0 bridgehead atoms. The summed E-state index contributed by atoms with van der Waals surface area (Å²) in [5.74, 6) is 0. The van der Waals surface area contributed by atoms with E-state index in [9.17, 15) is 0 Å². The molecule has 1 heterocycles. The van der Waals surface area contributed by atoms with E-state index in [0.717, 1.165) is 13.1 Å². The van der Waals surface area contributed by atoms with Gasteiger partial charge in [-0.05, 0) is 19.4 Å². The van der Waals surface area contributed by atoms with Crippen molar-refractivity contribution in [1.29, 1.82) is 0 Å². The summed E-state index contributed by atoms with van der Waals surface area (Å²) >= 11 is 0. The molecule has 0 radical (unpaired) electrons. The number of nitrogens with one attached hydrogen (secondary N) is 1. The van der Waals surface area contributed by atoms with Gasteiger partial charge in [-0.15, -0.1) is 0 Å². The first-order valence-corrected chi connectivity index (χ1v) is 6.27. The van der Waals surface area contributed by atoms with Crippen LogP contribution in [0.2, 0.25) is 0 Å². The molecule has 1 aromatic rings. The Morgan fingerprint density at radius 3 is 2.38 bits per heavy atom. The maximum atomic E-state index is 5.75. The van der Waals surface area contributed by atoms with Crippen molar-refractivity contribution in [2.45, 2.75) is 32.5 Å². The van der Waals surface area contributed by atoms with Crippen LogP contribution >= 0.6 is 0 Å². The Balaban J connectivity index is 1.81. The summed E-state index contributed by atoms with van der Waals surface area (Å²) in [6.07, 6.45) is 2.00. The van der Waals surface area contributed by atoms with Crippen LogP contribution in [0.5, 0.6) is 0 Å². The fourth-order valence-electron chi connectivity index (χ4n) is 2.56. The zero-order valence-electron chi connectivity index (χ0n) is 10.3. The van der Waals surface area contributed by atoms with Gasteiger partial charge in [0.2, 0.25) is 0 Å². The standard InChI is InChI=1S/C14H21NO/c1-12-10-15(11-13(2)16-12)9-8-14-6-4-3-5-7-14/h3-7,12-13H,8-11H2,1-2H3/p+1/t12-,13+. The summed E-state index contributed by atoms with van der Waals surface area (Å²) in [7, 11) is 0. The summed E-state index contributed by atoms with van der Waals surface area (Å²) in [6.45, 7) is 7.88. The van der Waals surface area contributed by atoms with Gasteiger partial charge >= 0.3 is 0 Å². The molecular weight excluding hydrogens is 198 g/mol. The van der Waals surface area contributed by atoms with E-state index < -0.39 is 0 Å². The Morgan fingerprint density at radius 2 is 1.75 bits per heavy atom. The molecule has 88 valence electrons. The van der Waals surface area contributed by atoms with Gasteiger partial charge in [-0.25, -0.2) is 0 Å². The van der Waals surface area contributed by atoms with Crippen LogP contribution in [0, 0.1) is 0 Å². The molecule has 1 fully saturated rings. The quantitative estimate of drug-likeness (QED) is 0.800. The van der Waals surface area contributed by atoms with Crippen LogP contribution in [0.1, 0.15) is 19.4 Å². The lowest BCUT2D eigenvalue weighted by Crippen LogP contribution is -3.15. The monoisotopic (exact) mass is 220 g/mol. The first kappa shape index (κ1) is 11.6. The third kappa shape index (κ3) is 3.32. The van der Waals surface area contributed by atoms with Crippen molar-refractivity contribution in [2.75, 3.05) is 19.6 Å². The Bertz CT molecular complexity index is 302. The average molecular weight is 220 g/mol. The Morgan fingerprint density at radius 1 is 1.12 bits per heavy atom. The second-order valence-electron chi connectivity index (χ2n) is 4.90. The van der Waals surface area contributed by atoms with Crippen molar-refractivity contribution in [3.8, 4) is 0 Å². The zero-order chi connectivity index (χ0) is 11.4. The summed E-state index contributed by atoms with van der Waals surface area (Å²) in [5, 5.41) is 0. The van der Waals surface area contributed by atoms with Gasteiger partial charge in [-0.3, -0.25) is 0 Å². The number of morpholine rings is 1. The SMILES string of the molecule is C[C@@H]1C[NH+](CCc2ccccc2)C[C@H](C)O1. The fraction of sp³-hybridized carbons (Fsp3) is 0.571. The minimum atomic E-state index is 0.412. The Kier molecular flexibility index (Phi) is 3.97. The Labute approximate surface area is 98.2 Å². The van der Waals surface area contributed by atoms with Gasteiger partial charge in [0.05, 0.1) is 6.54 Å². The summed E-state index contributed by atoms with van der Waals surface area (Å²) < 4.78 is 5.75. The van der Waals surface area contributed by atoms with E-state index in [-0.39, 0.29) is 0 Å². The highest BCUT2D eigenvalue weighted by Crippen LogP contribution is 2.00. The first-order valence-electron chi connectivity index (χ1n) is 6.27. The lowest BCUT2D eigenvalue weighted by molar-refractivity contribution is -0.914. The highest BCUT2D eigenvalue weighted by Gasteiger charge is 2.24. The second-order valence-corrected chi connectivity index (χ2v) is 4.90. The molecule has 2 nitrogen and oxygen atoms in total. The third-order valence-electron chi connectivity index (χ3n) is 3.23. The summed E-state index contributed by atoms with van der Waals surface area (Å²) in [6, 6.07) is 10.7. The van der Waals surface area contributed by atoms with E-state index in [4.69, 9.17) is 4.74 Å². The molecule has 1 N–H and O–H groups in total. The smallest absolute Gasteiger partial charge is 0.104 e. The van der Waals surface area contributed by atoms with Crippen molar-refractivity contribution in [3.63, 3.8) is 0 Å². The van der Waals surface area contributed by atoms with Crippen molar-refractivity contribution in [2.24, 2.45) is 0 Å². The highest BCUT2D eigenvalue weighted by molar-refractivity contribution is 5.14. The first-order chi connectivity index (χ1) is 7.74. The highest BCUT2D eigenvalue weighted by atomic mass is 16.5. The number of benzene rings is 1. The molecule has 0 saturated carbocycles. The van der Waals surface area contributed by atoms with Crippen LogP contribution in [-0.2, 0) is 11.2 Å². The topological polar surface area (TPSA) is 13.7 Å². The average Bonchev–Trinajstić information content (AvgIpc) is 2.27. The fourth-order valence-corrected chi connectivity index (χ4v) is 2.56. The van der Waals surface area contributed by atoms with Crippen molar-refractivity contribution < 1.29 is 9.64 Å². The molecule has 0 amide bonds. The van der Waals surface area contributed by atoms with Gasteiger partial charge in [0, 0.05) is 6.42 Å². The van der Waals surface area contributed by atoms with Crippen LogP contribution in [0.3, 0.4) is 0 Å². The second kappa shape index (κ2) is 5.46. The van der Waals surface area contributed by atoms with Crippen molar-refractivity contribution in [1.82, 2.24) is 0 Å². The van der Waals surface area contributed by atoms with Crippen LogP contribution < -0.4 is 4.90 Å². The van der Waals surface area contributed by atoms with Crippen LogP contribution in [0.15, 0.2) is 30.3 Å². The molecule has 0 aromatic heterocycles. The molecule has 1 saturated heterocycles. The van der Waals surface area contributed by atoms with Gasteiger partial charge in [0.15, 0.2) is 0 Å². The van der Waals surface area contributed by atoms with Gasteiger partial charge in [-0.1, -0.05) is 30.3 Å². The molecule has 0 aliphatic carbocycles. The maximum Gasteiger partial charge on any atom is 0.104 e. The minimum absolute atomic E-state index is 0.412. The van der Waals surface area contributed by atoms with E-state index in [1.54, 1.807) is 4.90 Å². The zero-order valence-corrected chi connectivity index (χ0v) is 10.3. The normalized spacial score (nSPS) is 30.2. The number of quaternary nitrogens is 1. The van der Waals surface area contributed by atoms with E-state index in [2.05, 4.69) is 44.2 Å². The number of rotatable bonds is 3. The lowest BCUT2D eigenvalue weighted by atomic mass is 10.1. The molecule has 1 aromatic carbocycles. The van der Waals surface area contributed by atoms with E-state index in [0.29, 0.717) is 12.2 Å². The molecule has 1 aliphatic rings. The van der Waals surface area contributed by atoms with Gasteiger partial charge in [-0.2, -0.15) is 0 Å². The molecule has 0 spiro atoms. The predicted octanol–water partition coefficient (Wildman–Crippen LogP) is 0.921. The molecule has 1 unspecified atom stereocenters. The minimum Gasteiger partial charge on any atom is -0.364 e. The molecule has 16 heavy (non-hydrogen) atoms.